The van der Waals surface area contributed by atoms with Crippen LogP contribution in [0, 0.1) is 5.41 Å². The lowest BCUT2D eigenvalue weighted by atomic mass is 9.93. The first-order chi connectivity index (χ1) is 7.26. The van der Waals surface area contributed by atoms with Crippen LogP contribution < -0.4 is 5.32 Å². The molecule has 0 aromatic carbocycles. The van der Waals surface area contributed by atoms with Gasteiger partial charge in [-0.3, -0.25) is 0 Å². The van der Waals surface area contributed by atoms with Crippen LogP contribution in [0.3, 0.4) is 0 Å². The third-order valence-electron chi connectivity index (χ3n) is 4.29. The van der Waals surface area contributed by atoms with Crippen molar-refractivity contribution < 1.29 is 0 Å². The van der Waals surface area contributed by atoms with Crippen LogP contribution in [0.2, 0.25) is 0 Å². The first kappa shape index (κ1) is 11.4. The van der Waals surface area contributed by atoms with E-state index in [1.807, 2.05) is 0 Å². The van der Waals surface area contributed by atoms with Gasteiger partial charge in [0.2, 0.25) is 0 Å². The molecule has 0 aliphatic heterocycles. The second-order valence-corrected chi connectivity index (χ2v) is 5.74. The fraction of sp³-hybridized carbons (Fsp3) is 1.00. The van der Waals surface area contributed by atoms with E-state index in [0.29, 0.717) is 5.41 Å². The fourth-order valence-corrected chi connectivity index (χ4v) is 3.12. The van der Waals surface area contributed by atoms with Gasteiger partial charge in [-0.15, -0.1) is 0 Å². The molecule has 0 radical (unpaired) electrons. The highest BCUT2D eigenvalue weighted by Gasteiger charge is 2.43. The summed E-state index contributed by atoms with van der Waals surface area (Å²) in [4.78, 5) is 2.64. The number of hydrogen-bond donors (Lipinski definition) is 1. The van der Waals surface area contributed by atoms with Gasteiger partial charge in [-0.25, -0.2) is 0 Å². The van der Waals surface area contributed by atoms with Crippen molar-refractivity contribution in [3.63, 3.8) is 0 Å². The normalized spacial score (nSPS) is 25.8. The van der Waals surface area contributed by atoms with Crippen molar-refractivity contribution in [1.29, 1.82) is 0 Å². The predicted molar refractivity (Wildman–Crippen MR) is 65.1 cm³/mol. The highest BCUT2D eigenvalue weighted by Crippen LogP contribution is 2.46. The highest BCUT2D eigenvalue weighted by atomic mass is 15.1. The van der Waals surface area contributed by atoms with Crippen LogP contribution in [0.4, 0.5) is 0 Å². The summed E-state index contributed by atoms with van der Waals surface area (Å²) in [6.45, 7) is 2.53. The maximum absolute atomic E-state index is 3.35. The molecule has 0 bridgehead atoms. The number of hydrogen-bond acceptors (Lipinski definition) is 2. The summed E-state index contributed by atoms with van der Waals surface area (Å²) in [5.41, 5.74) is 0.640. The summed E-state index contributed by atoms with van der Waals surface area (Å²) >= 11 is 0. The Balaban J connectivity index is 1.78. The van der Waals surface area contributed by atoms with Crippen molar-refractivity contribution in [1.82, 2.24) is 10.2 Å². The van der Waals surface area contributed by atoms with E-state index < -0.39 is 0 Å². The van der Waals surface area contributed by atoms with E-state index >= 15 is 0 Å². The maximum Gasteiger partial charge on any atom is 0.00924 e. The second-order valence-electron chi connectivity index (χ2n) is 5.74. The monoisotopic (exact) mass is 210 g/mol. The lowest BCUT2D eigenvalue weighted by Gasteiger charge is -2.34. The van der Waals surface area contributed by atoms with Crippen LogP contribution >= 0.6 is 0 Å². The predicted octanol–water partition coefficient (Wildman–Crippen LogP) is 2.25. The molecule has 2 aliphatic carbocycles. The molecule has 2 nitrogen and oxygen atoms in total. The Morgan fingerprint density at radius 1 is 1.20 bits per heavy atom. The molecule has 2 rings (SSSR count). The molecule has 2 fully saturated rings. The van der Waals surface area contributed by atoms with E-state index in [-0.39, 0.29) is 0 Å². The third-order valence-corrected chi connectivity index (χ3v) is 4.29. The van der Waals surface area contributed by atoms with E-state index in [4.69, 9.17) is 0 Å². The Bertz CT molecular complexity index is 193. The zero-order valence-electron chi connectivity index (χ0n) is 10.4. The van der Waals surface area contributed by atoms with Gasteiger partial charge >= 0.3 is 0 Å². The molecule has 0 aromatic heterocycles. The SMILES string of the molecule is CNCC1(CN(C)C2CCCCC2)CC1. The van der Waals surface area contributed by atoms with Crippen molar-refractivity contribution in [2.45, 2.75) is 51.0 Å². The van der Waals surface area contributed by atoms with Crippen LogP contribution in [0.25, 0.3) is 0 Å². The van der Waals surface area contributed by atoms with Crippen molar-refractivity contribution in [2.24, 2.45) is 5.41 Å². The lowest BCUT2D eigenvalue weighted by Crippen LogP contribution is -2.40. The average Bonchev–Trinajstić information content (AvgIpc) is 3.00. The molecule has 0 amide bonds. The van der Waals surface area contributed by atoms with E-state index in [2.05, 4.69) is 24.3 Å². The minimum Gasteiger partial charge on any atom is -0.319 e. The van der Waals surface area contributed by atoms with Gasteiger partial charge < -0.3 is 10.2 Å². The summed E-state index contributed by atoms with van der Waals surface area (Å²) in [6, 6.07) is 0.882. The minimum absolute atomic E-state index is 0.640. The van der Waals surface area contributed by atoms with Crippen LogP contribution in [0.1, 0.15) is 44.9 Å². The molecule has 0 spiro atoms. The van der Waals surface area contributed by atoms with Gasteiger partial charge in [0.15, 0.2) is 0 Å². The Kier molecular flexibility index (Phi) is 3.68. The van der Waals surface area contributed by atoms with Gasteiger partial charge in [0.05, 0.1) is 0 Å². The van der Waals surface area contributed by atoms with Crippen LogP contribution in [0.15, 0.2) is 0 Å². The van der Waals surface area contributed by atoms with Crippen molar-refractivity contribution in [2.75, 3.05) is 27.2 Å². The zero-order chi connectivity index (χ0) is 10.7. The molecule has 15 heavy (non-hydrogen) atoms. The maximum atomic E-state index is 3.35. The number of nitrogens with one attached hydrogen (secondary N) is 1. The van der Waals surface area contributed by atoms with Gasteiger partial charge in [-0.2, -0.15) is 0 Å². The smallest absolute Gasteiger partial charge is 0.00924 e. The molecule has 2 heteroatoms. The lowest BCUT2D eigenvalue weighted by molar-refractivity contribution is 0.158. The third kappa shape index (κ3) is 2.94. The van der Waals surface area contributed by atoms with Gasteiger partial charge in [0, 0.05) is 19.1 Å². The molecule has 0 saturated heterocycles. The van der Waals surface area contributed by atoms with E-state index in [1.54, 1.807) is 0 Å². The summed E-state index contributed by atoms with van der Waals surface area (Å²) in [5.74, 6) is 0. The molecule has 0 unspecified atom stereocenters. The first-order valence-corrected chi connectivity index (χ1v) is 6.61. The molecular weight excluding hydrogens is 184 g/mol. The summed E-state index contributed by atoms with van der Waals surface area (Å²) < 4.78 is 0. The van der Waals surface area contributed by atoms with Crippen molar-refractivity contribution >= 4 is 0 Å². The van der Waals surface area contributed by atoms with Gasteiger partial charge in [-0.05, 0) is 45.2 Å². The zero-order valence-corrected chi connectivity index (χ0v) is 10.4. The van der Waals surface area contributed by atoms with Gasteiger partial charge in [0.1, 0.15) is 0 Å². The van der Waals surface area contributed by atoms with Gasteiger partial charge in [0.25, 0.3) is 0 Å². The van der Waals surface area contributed by atoms with E-state index in [1.165, 1.54) is 58.0 Å². The van der Waals surface area contributed by atoms with E-state index in [9.17, 15) is 0 Å². The van der Waals surface area contributed by atoms with E-state index in [0.717, 1.165) is 6.04 Å². The summed E-state index contributed by atoms with van der Waals surface area (Å²) in [5, 5.41) is 3.35. The molecule has 88 valence electrons. The molecular formula is C13H26N2. The van der Waals surface area contributed by atoms with Crippen LogP contribution in [0.5, 0.6) is 0 Å². The largest absolute Gasteiger partial charge is 0.319 e. The molecule has 0 heterocycles. The first-order valence-electron chi connectivity index (χ1n) is 6.61. The molecule has 1 N–H and O–H groups in total. The second kappa shape index (κ2) is 4.84. The Hall–Kier alpha value is -0.0800. The topological polar surface area (TPSA) is 15.3 Å². The quantitative estimate of drug-likeness (QED) is 0.749. The minimum atomic E-state index is 0.640. The summed E-state index contributed by atoms with van der Waals surface area (Å²) in [6.07, 6.45) is 10.1. The highest BCUT2D eigenvalue weighted by molar-refractivity contribution is 4.97. The standard InChI is InChI=1S/C13H26N2/c1-14-10-13(8-9-13)11-15(2)12-6-4-3-5-7-12/h12,14H,3-11H2,1-2H3. The Labute approximate surface area is 94.4 Å². The Morgan fingerprint density at radius 3 is 2.40 bits per heavy atom. The fourth-order valence-electron chi connectivity index (χ4n) is 3.12. The summed E-state index contributed by atoms with van der Waals surface area (Å²) in [7, 11) is 4.42. The van der Waals surface area contributed by atoms with Crippen LogP contribution in [-0.2, 0) is 0 Å². The molecule has 0 aromatic rings. The van der Waals surface area contributed by atoms with Gasteiger partial charge in [-0.1, -0.05) is 19.3 Å². The van der Waals surface area contributed by atoms with Crippen molar-refractivity contribution in [3.8, 4) is 0 Å². The Morgan fingerprint density at radius 2 is 1.87 bits per heavy atom. The van der Waals surface area contributed by atoms with Crippen LogP contribution in [-0.4, -0.2) is 38.1 Å². The number of nitrogens with zero attached hydrogens (tertiary/aromatic N) is 1. The van der Waals surface area contributed by atoms with Crippen molar-refractivity contribution in [3.05, 3.63) is 0 Å². The molecule has 2 aliphatic rings. The molecule has 2 saturated carbocycles. The average molecular weight is 210 g/mol. The number of rotatable bonds is 5. The molecule has 0 atom stereocenters.